The fourth-order valence-electron chi connectivity index (χ4n) is 4.32. The largest absolute Gasteiger partial charge is 0.508 e. The SMILES string of the molecule is CC(C)(CN1CCc2[nH]cnc2[C@@H]1c1cccc(O)c1)N1CCOCC1. The highest BCUT2D eigenvalue weighted by atomic mass is 16.5. The zero-order chi connectivity index (χ0) is 18.1. The van der Waals surface area contributed by atoms with Crippen LogP contribution in [-0.2, 0) is 11.2 Å². The smallest absolute Gasteiger partial charge is 0.115 e. The molecule has 0 bridgehead atoms. The van der Waals surface area contributed by atoms with Gasteiger partial charge in [-0.15, -0.1) is 0 Å². The minimum atomic E-state index is 0.0483. The van der Waals surface area contributed by atoms with Gasteiger partial charge < -0.3 is 14.8 Å². The second-order valence-electron chi connectivity index (χ2n) is 7.90. The van der Waals surface area contributed by atoms with E-state index in [0.717, 1.165) is 57.1 Å². The molecule has 0 radical (unpaired) electrons. The van der Waals surface area contributed by atoms with Crippen molar-refractivity contribution in [1.82, 2.24) is 19.8 Å². The monoisotopic (exact) mass is 356 g/mol. The molecule has 2 aliphatic heterocycles. The van der Waals surface area contributed by atoms with Gasteiger partial charge in [-0.2, -0.15) is 0 Å². The number of aromatic nitrogens is 2. The first-order chi connectivity index (χ1) is 12.5. The van der Waals surface area contributed by atoms with Crippen molar-refractivity contribution < 1.29 is 9.84 Å². The average Bonchev–Trinajstić information content (AvgIpc) is 3.10. The second-order valence-corrected chi connectivity index (χ2v) is 7.90. The molecule has 0 unspecified atom stereocenters. The molecule has 26 heavy (non-hydrogen) atoms. The molecule has 1 atom stereocenters. The van der Waals surface area contributed by atoms with E-state index in [-0.39, 0.29) is 11.6 Å². The standard InChI is InChI=1S/C20H28N4O2/c1-20(2,24-8-10-26-11-9-24)13-23-7-6-17-18(22-14-21-17)19(23)15-4-3-5-16(25)12-15/h3-5,12,14,19,25H,6-11,13H2,1-2H3,(H,21,22)/t19-/m0/s1. The summed E-state index contributed by atoms with van der Waals surface area (Å²) >= 11 is 0. The lowest BCUT2D eigenvalue weighted by Crippen LogP contribution is -2.56. The third kappa shape index (κ3) is 3.37. The Labute approximate surface area is 154 Å². The number of rotatable bonds is 4. The van der Waals surface area contributed by atoms with E-state index in [1.807, 2.05) is 12.1 Å². The molecule has 0 amide bonds. The summed E-state index contributed by atoms with van der Waals surface area (Å²) < 4.78 is 5.53. The van der Waals surface area contributed by atoms with Gasteiger partial charge in [-0.1, -0.05) is 12.1 Å². The summed E-state index contributed by atoms with van der Waals surface area (Å²) in [4.78, 5) is 12.9. The molecular formula is C20H28N4O2. The van der Waals surface area contributed by atoms with Gasteiger partial charge in [-0.05, 0) is 31.5 Å². The van der Waals surface area contributed by atoms with Crippen molar-refractivity contribution in [2.75, 3.05) is 39.4 Å². The van der Waals surface area contributed by atoms with Crippen molar-refractivity contribution in [2.45, 2.75) is 31.8 Å². The zero-order valence-corrected chi connectivity index (χ0v) is 15.6. The Morgan fingerprint density at radius 3 is 2.85 bits per heavy atom. The van der Waals surface area contributed by atoms with Crippen molar-refractivity contribution in [3.05, 3.63) is 47.5 Å². The first-order valence-corrected chi connectivity index (χ1v) is 9.42. The van der Waals surface area contributed by atoms with Gasteiger partial charge in [0.05, 0.1) is 31.3 Å². The van der Waals surface area contributed by atoms with Gasteiger partial charge in [0.2, 0.25) is 0 Å². The quantitative estimate of drug-likeness (QED) is 0.879. The van der Waals surface area contributed by atoms with Crippen molar-refractivity contribution in [2.24, 2.45) is 0 Å². The number of phenols is 1. The fourth-order valence-corrected chi connectivity index (χ4v) is 4.32. The van der Waals surface area contributed by atoms with E-state index in [0.29, 0.717) is 5.75 Å². The molecule has 6 nitrogen and oxygen atoms in total. The Morgan fingerprint density at radius 1 is 1.27 bits per heavy atom. The summed E-state index contributed by atoms with van der Waals surface area (Å²) in [5, 5.41) is 10.00. The number of nitrogens with one attached hydrogen (secondary N) is 1. The Hall–Kier alpha value is -1.89. The van der Waals surface area contributed by atoms with E-state index in [4.69, 9.17) is 4.74 Å². The maximum atomic E-state index is 10.00. The second kappa shape index (κ2) is 7.02. The van der Waals surface area contributed by atoms with Crippen LogP contribution in [0.1, 0.15) is 36.8 Å². The molecule has 1 aromatic heterocycles. The number of nitrogens with zero attached hydrogens (tertiary/aromatic N) is 3. The van der Waals surface area contributed by atoms with Crippen LogP contribution in [0.3, 0.4) is 0 Å². The Bertz CT molecular complexity index is 752. The summed E-state index contributed by atoms with van der Waals surface area (Å²) in [6, 6.07) is 7.65. The molecule has 2 aliphatic rings. The van der Waals surface area contributed by atoms with Gasteiger partial charge in [-0.25, -0.2) is 4.98 Å². The minimum absolute atomic E-state index is 0.0483. The number of benzene rings is 1. The first kappa shape index (κ1) is 17.5. The number of imidazole rings is 1. The van der Waals surface area contributed by atoms with Crippen molar-refractivity contribution >= 4 is 0 Å². The molecule has 0 saturated carbocycles. The van der Waals surface area contributed by atoms with Crippen LogP contribution in [0.2, 0.25) is 0 Å². The van der Waals surface area contributed by atoms with Gasteiger partial charge >= 0.3 is 0 Å². The van der Waals surface area contributed by atoms with E-state index in [2.05, 4.69) is 39.7 Å². The summed E-state index contributed by atoms with van der Waals surface area (Å²) in [5.74, 6) is 0.303. The third-order valence-corrected chi connectivity index (χ3v) is 5.67. The summed E-state index contributed by atoms with van der Waals surface area (Å²) in [6.45, 7) is 10.1. The van der Waals surface area contributed by atoms with Gasteiger partial charge in [0.25, 0.3) is 0 Å². The van der Waals surface area contributed by atoms with Gasteiger partial charge in [0.15, 0.2) is 0 Å². The van der Waals surface area contributed by atoms with Crippen LogP contribution in [0.5, 0.6) is 5.75 Å². The maximum absolute atomic E-state index is 10.00. The van der Waals surface area contributed by atoms with Crippen LogP contribution < -0.4 is 0 Å². The molecule has 1 fully saturated rings. The molecular weight excluding hydrogens is 328 g/mol. The van der Waals surface area contributed by atoms with Gasteiger partial charge in [0, 0.05) is 43.8 Å². The Kier molecular flexibility index (Phi) is 4.73. The molecule has 0 spiro atoms. The van der Waals surface area contributed by atoms with Crippen molar-refractivity contribution in [1.29, 1.82) is 0 Å². The zero-order valence-electron chi connectivity index (χ0n) is 15.6. The Balaban J connectivity index is 1.63. The number of fused-ring (bicyclic) bond motifs is 1. The highest BCUT2D eigenvalue weighted by molar-refractivity contribution is 5.36. The lowest BCUT2D eigenvalue weighted by Gasteiger charge is -2.46. The van der Waals surface area contributed by atoms with E-state index in [9.17, 15) is 5.11 Å². The number of aromatic hydroxyl groups is 1. The highest BCUT2D eigenvalue weighted by Gasteiger charge is 2.37. The average molecular weight is 356 g/mol. The Morgan fingerprint density at radius 2 is 2.08 bits per heavy atom. The van der Waals surface area contributed by atoms with Crippen molar-refractivity contribution in [3.8, 4) is 5.75 Å². The van der Waals surface area contributed by atoms with E-state index >= 15 is 0 Å². The lowest BCUT2D eigenvalue weighted by atomic mass is 9.92. The topological polar surface area (TPSA) is 64.6 Å². The van der Waals surface area contributed by atoms with E-state index in [1.165, 1.54) is 5.69 Å². The molecule has 140 valence electrons. The molecule has 6 heteroatoms. The third-order valence-electron chi connectivity index (χ3n) is 5.67. The van der Waals surface area contributed by atoms with Crippen LogP contribution in [-0.4, -0.2) is 69.8 Å². The molecule has 0 aliphatic carbocycles. The lowest BCUT2D eigenvalue weighted by molar-refractivity contribution is -0.0256. The summed E-state index contributed by atoms with van der Waals surface area (Å²) in [6.07, 6.45) is 2.76. The first-order valence-electron chi connectivity index (χ1n) is 9.42. The van der Waals surface area contributed by atoms with Crippen LogP contribution in [0.25, 0.3) is 0 Å². The molecule has 4 rings (SSSR count). The van der Waals surface area contributed by atoms with E-state index in [1.54, 1.807) is 12.4 Å². The number of phenolic OH excluding ortho intramolecular Hbond substituents is 1. The fraction of sp³-hybridized carbons (Fsp3) is 0.550. The molecule has 2 N–H and O–H groups in total. The predicted molar refractivity (Wildman–Crippen MR) is 100 cm³/mol. The highest BCUT2D eigenvalue weighted by Crippen LogP contribution is 2.36. The predicted octanol–water partition coefficient (Wildman–Crippen LogP) is 2.17. The number of ether oxygens (including phenoxy) is 1. The molecule has 1 saturated heterocycles. The number of hydrogen-bond acceptors (Lipinski definition) is 5. The molecule has 3 heterocycles. The number of hydrogen-bond donors (Lipinski definition) is 2. The number of aromatic amines is 1. The molecule has 2 aromatic rings. The van der Waals surface area contributed by atoms with Gasteiger partial charge in [-0.3, -0.25) is 9.80 Å². The summed E-state index contributed by atoms with van der Waals surface area (Å²) in [5.41, 5.74) is 3.43. The van der Waals surface area contributed by atoms with Crippen LogP contribution in [0.4, 0.5) is 0 Å². The molecule has 1 aromatic carbocycles. The van der Waals surface area contributed by atoms with Crippen LogP contribution >= 0.6 is 0 Å². The van der Waals surface area contributed by atoms with Gasteiger partial charge in [0.1, 0.15) is 5.75 Å². The van der Waals surface area contributed by atoms with E-state index < -0.39 is 0 Å². The number of morpholine rings is 1. The number of H-pyrrole nitrogens is 1. The maximum Gasteiger partial charge on any atom is 0.115 e. The van der Waals surface area contributed by atoms with Crippen molar-refractivity contribution in [3.63, 3.8) is 0 Å². The summed E-state index contributed by atoms with van der Waals surface area (Å²) in [7, 11) is 0. The van der Waals surface area contributed by atoms with Crippen LogP contribution in [0, 0.1) is 0 Å². The minimum Gasteiger partial charge on any atom is -0.508 e. The normalized spacial score (nSPS) is 22.3. The van der Waals surface area contributed by atoms with Crippen LogP contribution in [0.15, 0.2) is 30.6 Å².